The third-order valence-electron chi connectivity index (χ3n) is 5.01. The number of hydrogen-bond acceptors (Lipinski definition) is 3. The summed E-state index contributed by atoms with van der Waals surface area (Å²) in [7, 11) is 0. The largest absolute Gasteiger partial charge is 0.366 e. The lowest BCUT2D eigenvalue weighted by Gasteiger charge is -2.41. The third kappa shape index (κ3) is 3.21. The average Bonchev–Trinajstić information content (AvgIpc) is 3.34. The highest BCUT2D eigenvalue weighted by molar-refractivity contribution is 6.30. The molecule has 6 nitrogen and oxygen atoms in total. The number of ether oxygens (including phenoxy) is 1. The van der Waals surface area contributed by atoms with Crippen molar-refractivity contribution >= 4 is 23.5 Å². The molecule has 2 heterocycles. The minimum Gasteiger partial charge on any atom is -0.366 e. The number of benzene rings is 1. The number of rotatable bonds is 2. The van der Waals surface area contributed by atoms with Gasteiger partial charge in [-0.25, -0.2) is 4.79 Å². The normalized spacial score (nSPS) is 31.9. The molecule has 1 aliphatic carbocycles. The van der Waals surface area contributed by atoms with Gasteiger partial charge in [-0.3, -0.25) is 4.79 Å². The van der Waals surface area contributed by atoms with Crippen molar-refractivity contribution < 1.29 is 14.3 Å². The Morgan fingerprint density at radius 3 is 2.92 bits per heavy atom. The number of urea groups is 1. The van der Waals surface area contributed by atoms with Crippen molar-refractivity contribution in [1.29, 1.82) is 0 Å². The number of amides is 3. The zero-order valence-corrected chi connectivity index (χ0v) is 14.0. The Morgan fingerprint density at radius 2 is 2.12 bits per heavy atom. The predicted molar refractivity (Wildman–Crippen MR) is 89.0 cm³/mol. The minimum atomic E-state index is -0.108. The molecule has 0 bridgehead atoms. The summed E-state index contributed by atoms with van der Waals surface area (Å²) in [6.07, 6.45) is 1.73. The van der Waals surface area contributed by atoms with Crippen molar-refractivity contribution in [2.75, 3.05) is 19.7 Å². The molecule has 1 aromatic carbocycles. The van der Waals surface area contributed by atoms with Gasteiger partial charge in [-0.2, -0.15) is 0 Å². The summed E-state index contributed by atoms with van der Waals surface area (Å²) < 4.78 is 5.52. The van der Waals surface area contributed by atoms with Gasteiger partial charge in [-0.15, -0.1) is 0 Å². The number of hydrogen-bond donors (Lipinski definition) is 2. The molecule has 2 saturated heterocycles. The number of nitrogens with zero attached hydrogens (tertiary/aromatic N) is 1. The average molecular weight is 350 g/mol. The Hall–Kier alpha value is -1.79. The molecule has 4 rings (SSSR count). The van der Waals surface area contributed by atoms with Crippen LogP contribution in [0.3, 0.4) is 0 Å². The van der Waals surface area contributed by atoms with Crippen LogP contribution in [0, 0.1) is 0 Å². The zero-order valence-electron chi connectivity index (χ0n) is 13.2. The molecule has 0 spiro atoms. The molecule has 3 aliphatic rings. The smallest absolute Gasteiger partial charge is 0.317 e. The van der Waals surface area contributed by atoms with Crippen molar-refractivity contribution in [1.82, 2.24) is 15.5 Å². The highest BCUT2D eigenvalue weighted by Gasteiger charge is 2.42. The summed E-state index contributed by atoms with van der Waals surface area (Å²) in [5.74, 6) is 0.255. The Bertz CT molecular complexity index is 651. The summed E-state index contributed by atoms with van der Waals surface area (Å²) in [4.78, 5) is 25.7. The molecule has 3 fully saturated rings. The summed E-state index contributed by atoms with van der Waals surface area (Å²) in [6, 6.07) is 7.80. The molecule has 4 atom stereocenters. The van der Waals surface area contributed by atoms with Crippen LogP contribution in [0.4, 0.5) is 4.79 Å². The van der Waals surface area contributed by atoms with E-state index in [-0.39, 0.29) is 36.7 Å². The van der Waals surface area contributed by atoms with Crippen LogP contribution in [0.5, 0.6) is 0 Å². The van der Waals surface area contributed by atoms with Crippen LogP contribution >= 0.6 is 11.6 Å². The Kier molecular flexibility index (Phi) is 4.10. The Labute approximate surface area is 145 Å². The number of likely N-dealkylation sites (tertiary alicyclic amines) is 1. The number of morpholine rings is 1. The number of carbonyl (C=O) groups excluding carboxylic acids is 2. The second kappa shape index (κ2) is 6.26. The van der Waals surface area contributed by atoms with Gasteiger partial charge in [0.2, 0.25) is 5.91 Å². The molecule has 0 unspecified atom stereocenters. The molecule has 1 saturated carbocycles. The van der Waals surface area contributed by atoms with Gasteiger partial charge in [-0.1, -0.05) is 23.7 Å². The van der Waals surface area contributed by atoms with E-state index in [9.17, 15) is 9.59 Å². The maximum Gasteiger partial charge on any atom is 0.317 e. The van der Waals surface area contributed by atoms with E-state index in [0.717, 1.165) is 17.9 Å². The van der Waals surface area contributed by atoms with Gasteiger partial charge >= 0.3 is 6.03 Å². The van der Waals surface area contributed by atoms with Crippen LogP contribution in [-0.2, 0) is 9.53 Å². The summed E-state index contributed by atoms with van der Waals surface area (Å²) >= 11 is 5.91. The van der Waals surface area contributed by atoms with Gasteiger partial charge in [0.05, 0.1) is 12.1 Å². The SMILES string of the molecule is O=C1CO[C@@H]2CCN(C(=O)N[C@@H]3C[C@H]3c3ccc(Cl)cc3)C[C@@H]2N1. The topological polar surface area (TPSA) is 70.7 Å². The lowest BCUT2D eigenvalue weighted by molar-refractivity contribution is -0.139. The maximum atomic E-state index is 12.5. The van der Waals surface area contributed by atoms with Crippen molar-refractivity contribution in [3.05, 3.63) is 34.9 Å². The standard InChI is InChI=1S/C17H20ClN3O3/c18-11-3-1-10(2-4-11)12-7-13(12)20-17(23)21-6-5-15-14(8-21)19-16(22)9-24-15/h1-4,12-15H,5-9H2,(H,19,22)(H,20,23)/t12-,13+,14-,15+/m0/s1. The van der Waals surface area contributed by atoms with Gasteiger partial charge in [0.25, 0.3) is 0 Å². The number of fused-ring (bicyclic) bond motifs is 1. The van der Waals surface area contributed by atoms with E-state index in [0.29, 0.717) is 19.0 Å². The summed E-state index contributed by atoms with van der Waals surface area (Å²) in [6.45, 7) is 1.28. The van der Waals surface area contributed by atoms with Crippen LogP contribution in [0.15, 0.2) is 24.3 Å². The third-order valence-corrected chi connectivity index (χ3v) is 5.26. The molecule has 1 aromatic rings. The maximum absolute atomic E-state index is 12.5. The first kappa shape index (κ1) is 15.7. The first-order valence-corrected chi connectivity index (χ1v) is 8.70. The molecular weight excluding hydrogens is 330 g/mol. The molecule has 2 N–H and O–H groups in total. The fourth-order valence-corrected chi connectivity index (χ4v) is 3.69. The van der Waals surface area contributed by atoms with Crippen LogP contribution < -0.4 is 10.6 Å². The molecule has 3 amide bonds. The Morgan fingerprint density at radius 1 is 1.33 bits per heavy atom. The van der Waals surface area contributed by atoms with Crippen molar-refractivity contribution in [3.63, 3.8) is 0 Å². The fourth-order valence-electron chi connectivity index (χ4n) is 3.57. The van der Waals surface area contributed by atoms with E-state index in [2.05, 4.69) is 10.6 Å². The second-order valence-electron chi connectivity index (χ2n) is 6.71. The highest BCUT2D eigenvalue weighted by atomic mass is 35.5. The number of carbonyl (C=O) groups is 2. The lowest BCUT2D eigenvalue weighted by atomic mass is 10.0. The number of nitrogens with one attached hydrogen (secondary N) is 2. The minimum absolute atomic E-state index is 0.0227. The first-order valence-electron chi connectivity index (χ1n) is 8.32. The van der Waals surface area contributed by atoms with Crippen LogP contribution in [0.25, 0.3) is 0 Å². The summed E-state index contributed by atoms with van der Waals surface area (Å²) in [5.41, 5.74) is 1.20. The molecule has 7 heteroatoms. The highest BCUT2D eigenvalue weighted by Crippen LogP contribution is 2.41. The molecular formula is C17H20ClN3O3. The van der Waals surface area contributed by atoms with Gasteiger partial charge in [0.15, 0.2) is 0 Å². The zero-order chi connectivity index (χ0) is 16.7. The van der Waals surface area contributed by atoms with E-state index in [1.807, 2.05) is 24.3 Å². The fraction of sp³-hybridized carbons (Fsp3) is 0.529. The van der Waals surface area contributed by atoms with Crippen molar-refractivity contribution in [2.24, 2.45) is 0 Å². The van der Waals surface area contributed by atoms with E-state index in [1.54, 1.807) is 4.90 Å². The Balaban J connectivity index is 1.31. The van der Waals surface area contributed by atoms with Crippen LogP contribution in [0.1, 0.15) is 24.3 Å². The van der Waals surface area contributed by atoms with E-state index >= 15 is 0 Å². The number of halogens is 1. The van der Waals surface area contributed by atoms with E-state index in [1.165, 1.54) is 5.56 Å². The molecule has 0 radical (unpaired) electrons. The first-order chi connectivity index (χ1) is 11.6. The molecule has 24 heavy (non-hydrogen) atoms. The quantitative estimate of drug-likeness (QED) is 0.850. The van der Waals surface area contributed by atoms with E-state index < -0.39 is 0 Å². The molecule has 128 valence electrons. The monoisotopic (exact) mass is 349 g/mol. The van der Waals surface area contributed by atoms with Gasteiger partial charge < -0.3 is 20.3 Å². The van der Waals surface area contributed by atoms with Crippen LogP contribution in [-0.4, -0.2) is 54.7 Å². The van der Waals surface area contributed by atoms with Gasteiger partial charge in [0, 0.05) is 30.1 Å². The second-order valence-corrected chi connectivity index (χ2v) is 7.14. The molecule has 2 aliphatic heterocycles. The number of piperidine rings is 1. The van der Waals surface area contributed by atoms with Gasteiger partial charge in [0.1, 0.15) is 6.61 Å². The van der Waals surface area contributed by atoms with Crippen LogP contribution in [0.2, 0.25) is 5.02 Å². The van der Waals surface area contributed by atoms with Crippen molar-refractivity contribution in [2.45, 2.75) is 36.9 Å². The summed E-state index contributed by atoms with van der Waals surface area (Å²) in [5, 5.41) is 6.73. The van der Waals surface area contributed by atoms with Gasteiger partial charge in [-0.05, 0) is 30.5 Å². The predicted octanol–water partition coefficient (Wildman–Crippen LogP) is 1.49. The van der Waals surface area contributed by atoms with Crippen molar-refractivity contribution in [3.8, 4) is 0 Å². The molecule has 0 aromatic heterocycles. The lowest BCUT2D eigenvalue weighted by Crippen LogP contribution is -2.62. The van der Waals surface area contributed by atoms with E-state index in [4.69, 9.17) is 16.3 Å².